The number of hydrogen-bond acceptors (Lipinski definition) is 2. The second kappa shape index (κ2) is 7.38. The summed E-state index contributed by atoms with van der Waals surface area (Å²) in [5.74, 6) is 0.447. The monoisotopic (exact) mass is 337 g/mol. The van der Waals surface area contributed by atoms with Crippen molar-refractivity contribution in [1.82, 2.24) is 14.9 Å². The highest BCUT2D eigenvalue weighted by Gasteiger charge is 2.33. The van der Waals surface area contributed by atoms with Crippen molar-refractivity contribution in [1.29, 1.82) is 0 Å². The summed E-state index contributed by atoms with van der Waals surface area (Å²) in [6, 6.07) is 5.93. The molecule has 0 amide bonds. The normalized spacial score (nSPS) is 19.5. The van der Waals surface area contributed by atoms with Gasteiger partial charge in [-0.2, -0.15) is 13.2 Å². The van der Waals surface area contributed by atoms with Crippen molar-refractivity contribution >= 4 is 0 Å². The van der Waals surface area contributed by atoms with Crippen LogP contribution in [0.5, 0.6) is 0 Å². The van der Waals surface area contributed by atoms with Crippen LogP contribution in [0, 0.1) is 5.92 Å². The van der Waals surface area contributed by atoms with Crippen LogP contribution in [0.15, 0.2) is 36.8 Å². The Hall–Kier alpha value is -1.82. The molecule has 6 heteroatoms. The molecule has 0 saturated carbocycles. The maximum absolute atomic E-state index is 13.1. The van der Waals surface area contributed by atoms with Gasteiger partial charge in [0.15, 0.2) is 0 Å². The molecule has 1 aliphatic rings. The van der Waals surface area contributed by atoms with E-state index < -0.39 is 11.7 Å². The van der Waals surface area contributed by atoms with Gasteiger partial charge in [0.05, 0.1) is 11.9 Å². The number of likely N-dealkylation sites (tertiary alicyclic amines) is 1. The molecule has 1 atom stereocenters. The molecule has 2 aromatic rings. The minimum atomic E-state index is -4.27. The fourth-order valence-electron chi connectivity index (χ4n) is 3.52. The van der Waals surface area contributed by atoms with Gasteiger partial charge in [0.2, 0.25) is 0 Å². The van der Waals surface area contributed by atoms with E-state index in [2.05, 4.69) is 14.9 Å². The Morgan fingerprint density at radius 2 is 2.08 bits per heavy atom. The zero-order chi connectivity index (χ0) is 17.0. The lowest BCUT2D eigenvalue weighted by atomic mass is 9.90. The van der Waals surface area contributed by atoms with E-state index >= 15 is 0 Å². The third-order valence-electron chi connectivity index (χ3n) is 4.70. The third kappa shape index (κ3) is 4.38. The minimum Gasteiger partial charge on any atom is -0.347 e. The van der Waals surface area contributed by atoms with Crippen LogP contribution < -0.4 is 0 Å². The Kier molecular flexibility index (Phi) is 5.23. The van der Waals surface area contributed by atoms with E-state index in [1.807, 2.05) is 6.20 Å². The summed E-state index contributed by atoms with van der Waals surface area (Å²) in [7, 11) is 0. The number of hydrogen-bond donors (Lipinski definition) is 1. The molecule has 2 heterocycles. The molecule has 1 aromatic heterocycles. The Balaban J connectivity index is 1.57. The highest BCUT2D eigenvalue weighted by Crippen LogP contribution is 2.33. The van der Waals surface area contributed by atoms with Gasteiger partial charge in [0.25, 0.3) is 0 Å². The van der Waals surface area contributed by atoms with Crippen molar-refractivity contribution < 1.29 is 13.2 Å². The first-order chi connectivity index (χ1) is 11.5. The first-order valence-corrected chi connectivity index (χ1v) is 8.37. The number of H-pyrrole nitrogens is 1. The van der Waals surface area contributed by atoms with Crippen molar-refractivity contribution in [3.8, 4) is 0 Å². The van der Waals surface area contributed by atoms with Gasteiger partial charge in [0.1, 0.15) is 0 Å². The lowest BCUT2D eigenvalue weighted by molar-refractivity contribution is -0.138. The summed E-state index contributed by atoms with van der Waals surface area (Å²) in [6.07, 6.45) is 2.70. The zero-order valence-corrected chi connectivity index (χ0v) is 13.5. The largest absolute Gasteiger partial charge is 0.416 e. The molecule has 0 radical (unpaired) electrons. The Morgan fingerprint density at radius 1 is 1.25 bits per heavy atom. The van der Waals surface area contributed by atoms with Crippen molar-refractivity contribution in [2.45, 2.75) is 38.4 Å². The lowest BCUT2D eigenvalue weighted by Crippen LogP contribution is -2.35. The first kappa shape index (κ1) is 17.0. The number of halogens is 3. The molecule has 0 bridgehead atoms. The molecule has 1 aliphatic heterocycles. The second-order valence-corrected chi connectivity index (χ2v) is 6.51. The van der Waals surface area contributed by atoms with Crippen LogP contribution >= 0.6 is 0 Å². The van der Waals surface area contributed by atoms with Crippen molar-refractivity contribution in [2.75, 3.05) is 13.1 Å². The van der Waals surface area contributed by atoms with E-state index in [1.54, 1.807) is 18.5 Å². The van der Waals surface area contributed by atoms with E-state index in [9.17, 15) is 13.2 Å². The highest BCUT2D eigenvalue weighted by molar-refractivity contribution is 5.29. The number of benzene rings is 1. The molecule has 1 N–H and O–H groups in total. The number of alkyl halides is 3. The Morgan fingerprint density at radius 3 is 2.83 bits per heavy atom. The molecule has 0 spiro atoms. The molecular formula is C18H22F3N3. The van der Waals surface area contributed by atoms with Crippen LogP contribution in [0.4, 0.5) is 13.2 Å². The van der Waals surface area contributed by atoms with Crippen LogP contribution in [-0.2, 0) is 19.1 Å². The molecule has 0 unspecified atom stereocenters. The molecule has 130 valence electrons. The molecule has 1 aromatic carbocycles. The number of piperidine rings is 1. The predicted molar refractivity (Wildman–Crippen MR) is 86.4 cm³/mol. The molecule has 1 saturated heterocycles. The number of nitrogens with zero attached hydrogens (tertiary/aromatic N) is 2. The molecule has 0 aliphatic carbocycles. The summed E-state index contributed by atoms with van der Waals surface area (Å²) in [4.78, 5) is 9.49. The van der Waals surface area contributed by atoms with E-state index in [4.69, 9.17) is 0 Å². The number of imidazole rings is 1. The van der Waals surface area contributed by atoms with Crippen molar-refractivity contribution in [3.05, 3.63) is 53.6 Å². The summed E-state index contributed by atoms with van der Waals surface area (Å²) >= 11 is 0. The van der Waals surface area contributed by atoms with Gasteiger partial charge >= 0.3 is 6.18 Å². The van der Waals surface area contributed by atoms with Crippen LogP contribution in [0.3, 0.4) is 0 Å². The molecule has 3 rings (SSSR count). The number of rotatable bonds is 5. The summed E-state index contributed by atoms with van der Waals surface area (Å²) < 4.78 is 39.2. The maximum atomic E-state index is 13.1. The van der Waals surface area contributed by atoms with Crippen LogP contribution in [0.1, 0.15) is 36.1 Å². The smallest absolute Gasteiger partial charge is 0.347 e. The summed E-state index contributed by atoms with van der Waals surface area (Å²) in [6.45, 7) is 2.80. The van der Waals surface area contributed by atoms with E-state index in [-0.39, 0.29) is 0 Å². The van der Waals surface area contributed by atoms with Crippen LogP contribution in [0.25, 0.3) is 0 Å². The fourth-order valence-corrected chi connectivity index (χ4v) is 3.52. The second-order valence-electron chi connectivity index (χ2n) is 6.51. The van der Waals surface area contributed by atoms with Gasteiger partial charge in [-0.25, -0.2) is 4.98 Å². The molecule has 1 fully saturated rings. The average molecular weight is 337 g/mol. The van der Waals surface area contributed by atoms with E-state index in [0.717, 1.165) is 44.6 Å². The Bertz CT molecular complexity index is 637. The first-order valence-electron chi connectivity index (χ1n) is 8.37. The highest BCUT2D eigenvalue weighted by atomic mass is 19.4. The summed E-state index contributed by atoms with van der Waals surface area (Å²) in [5.41, 5.74) is 1.00. The minimum absolute atomic E-state index is 0.413. The lowest BCUT2D eigenvalue weighted by Gasteiger charge is -2.32. The number of nitrogens with one attached hydrogen (secondary N) is 1. The quantitative estimate of drug-likeness (QED) is 0.883. The standard InChI is InChI=1S/C18H22F3N3/c19-18(20,21)17-6-2-1-5-15(17)8-7-14-4-3-9-24(11-14)12-16-10-22-13-23-16/h1-2,5-6,10,13-14H,3-4,7-9,11-12H2,(H,22,23)/t14-/m1/s1. The topological polar surface area (TPSA) is 31.9 Å². The Labute approximate surface area is 139 Å². The average Bonchev–Trinajstić information content (AvgIpc) is 3.06. The predicted octanol–water partition coefficient (Wildman–Crippen LogP) is 4.27. The zero-order valence-electron chi connectivity index (χ0n) is 13.5. The van der Waals surface area contributed by atoms with Crippen LogP contribution in [-0.4, -0.2) is 28.0 Å². The van der Waals surface area contributed by atoms with Gasteiger partial charge < -0.3 is 4.98 Å². The third-order valence-corrected chi connectivity index (χ3v) is 4.70. The molecule has 3 nitrogen and oxygen atoms in total. The van der Waals surface area contributed by atoms with Crippen molar-refractivity contribution in [3.63, 3.8) is 0 Å². The van der Waals surface area contributed by atoms with Crippen LogP contribution in [0.2, 0.25) is 0 Å². The van der Waals surface area contributed by atoms with Crippen molar-refractivity contribution in [2.24, 2.45) is 5.92 Å². The number of aryl methyl sites for hydroxylation is 1. The molecule has 24 heavy (non-hydrogen) atoms. The summed E-state index contributed by atoms with van der Waals surface area (Å²) in [5, 5.41) is 0. The van der Waals surface area contributed by atoms with E-state index in [0.29, 0.717) is 17.9 Å². The van der Waals surface area contributed by atoms with Gasteiger partial charge in [0, 0.05) is 25.0 Å². The van der Waals surface area contributed by atoms with Gasteiger partial charge in [-0.15, -0.1) is 0 Å². The van der Waals surface area contributed by atoms with Gasteiger partial charge in [-0.3, -0.25) is 4.90 Å². The molecular weight excluding hydrogens is 315 g/mol. The van der Waals surface area contributed by atoms with Gasteiger partial charge in [-0.1, -0.05) is 18.2 Å². The SMILES string of the molecule is FC(F)(F)c1ccccc1CC[C@H]1CCCN(Cc2cnc[nH]2)C1. The number of aromatic nitrogens is 2. The fraction of sp³-hybridized carbons (Fsp3) is 0.500. The van der Waals surface area contributed by atoms with E-state index in [1.165, 1.54) is 12.1 Å². The van der Waals surface area contributed by atoms with Gasteiger partial charge in [-0.05, 0) is 49.8 Å². The maximum Gasteiger partial charge on any atom is 0.416 e. The number of aromatic amines is 1.